The Balaban J connectivity index is 3.28. The summed E-state index contributed by atoms with van der Waals surface area (Å²) in [6, 6.07) is 0. The summed E-state index contributed by atoms with van der Waals surface area (Å²) in [5.41, 5.74) is 0. The van der Waals surface area contributed by atoms with Crippen molar-refractivity contribution in [3.05, 3.63) is 6.92 Å². The van der Waals surface area contributed by atoms with Gasteiger partial charge in [-0.05, 0) is 19.8 Å². The van der Waals surface area contributed by atoms with E-state index in [2.05, 4.69) is 20.8 Å². The van der Waals surface area contributed by atoms with Crippen molar-refractivity contribution in [2.24, 2.45) is 0 Å². The Kier molecular flexibility index (Phi) is 15.2. The van der Waals surface area contributed by atoms with Gasteiger partial charge in [-0.1, -0.05) is 58.8 Å². The Bertz CT molecular complexity index is 185. The SMILES string of the molecule is [CH2]C(COCC(O)CCCCCCCC)OCCCC. The largest absolute Gasteiger partial charge is 0.391 e. The van der Waals surface area contributed by atoms with Crippen molar-refractivity contribution >= 4 is 0 Å². The van der Waals surface area contributed by atoms with Crippen LogP contribution in [0.5, 0.6) is 0 Å². The molecule has 2 atom stereocenters. The lowest BCUT2D eigenvalue weighted by molar-refractivity contribution is -0.0247. The normalized spacial score (nSPS) is 14.4. The number of hydrogen-bond donors (Lipinski definition) is 1. The van der Waals surface area contributed by atoms with Crippen LogP contribution in [0.1, 0.15) is 71.6 Å². The number of rotatable bonds is 15. The van der Waals surface area contributed by atoms with Crippen LogP contribution in [0.3, 0.4) is 0 Å². The van der Waals surface area contributed by atoms with Crippen LogP contribution in [0.2, 0.25) is 0 Å². The zero-order chi connectivity index (χ0) is 15.1. The van der Waals surface area contributed by atoms with Crippen molar-refractivity contribution in [3.8, 4) is 0 Å². The molecule has 0 aromatic rings. The Labute approximate surface area is 126 Å². The average molecular weight is 287 g/mol. The van der Waals surface area contributed by atoms with Gasteiger partial charge in [0.1, 0.15) is 0 Å². The molecule has 1 N–H and O–H groups in total. The standard InChI is InChI=1S/C17H35O3/c1-4-6-8-9-10-11-12-17(18)15-19-14-16(3)20-13-7-5-2/h16-18H,3-15H2,1-2H3. The monoisotopic (exact) mass is 287 g/mol. The summed E-state index contributed by atoms with van der Waals surface area (Å²) < 4.78 is 10.9. The van der Waals surface area contributed by atoms with Gasteiger partial charge in [-0.15, -0.1) is 0 Å². The van der Waals surface area contributed by atoms with Crippen LogP contribution in [0, 0.1) is 6.92 Å². The molecular weight excluding hydrogens is 252 g/mol. The molecule has 0 aliphatic heterocycles. The third-order valence-corrected chi connectivity index (χ3v) is 3.36. The van der Waals surface area contributed by atoms with Crippen LogP contribution in [0.15, 0.2) is 0 Å². The first-order valence-electron chi connectivity index (χ1n) is 8.41. The highest BCUT2D eigenvalue weighted by molar-refractivity contribution is 4.60. The van der Waals surface area contributed by atoms with Crippen LogP contribution in [0.4, 0.5) is 0 Å². The van der Waals surface area contributed by atoms with Crippen LogP contribution < -0.4 is 0 Å². The number of aliphatic hydroxyl groups excluding tert-OH is 1. The molecule has 0 aliphatic rings. The first-order valence-corrected chi connectivity index (χ1v) is 8.41. The lowest BCUT2D eigenvalue weighted by Crippen LogP contribution is -2.22. The van der Waals surface area contributed by atoms with Gasteiger partial charge in [0.25, 0.3) is 0 Å². The molecule has 0 saturated carbocycles. The summed E-state index contributed by atoms with van der Waals surface area (Å²) in [4.78, 5) is 0. The predicted molar refractivity (Wildman–Crippen MR) is 84.8 cm³/mol. The maximum atomic E-state index is 9.79. The number of unbranched alkanes of at least 4 members (excludes halogenated alkanes) is 6. The van der Waals surface area contributed by atoms with Crippen molar-refractivity contribution in [2.75, 3.05) is 19.8 Å². The third-order valence-electron chi connectivity index (χ3n) is 3.36. The van der Waals surface area contributed by atoms with E-state index in [0.29, 0.717) is 13.2 Å². The van der Waals surface area contributed by atoms with Gasteiger partial charge in [0.2, 0.25) is 0 Å². The second-order valence-electron chi connectivity index (χ2n) is 5.59. The van der Waals surface area contributed by atoms with Crippen molar-refractivity contribution < 1.29 is 14.6 Å². The Hall–Kier alpha value is -0.120. The Morgan fingerprint density at radius 3 is 2.25 bits per heavy atom. The zero-order valence-electron chi connectivity index (χ0n) is 13.6. The van der Waals surface area contributed by atoms with E-state index in [4.69, 9.17) is 9.47 Å². The maximum absolute atomic E-state index is 9.79. The van der Waals surface area contributed by atoms with Crippen LogP contribution in [-0.2, 0) is 9.47 Å². The molecule has 3 nitrogen and oxygen atoms in total. The highest BCUT2D eigenvalue weighted by atomic mass is 16.5. The van der Waals surface area contributed by atoms with Crippen molar-refractivity contribution in [2.45, 2.75) is 83.8 Å². The second kappa shape index (κ2) is 15.3. The van der Waals surface area contributed by atoms with Gasteiger partial charge in [0.15, 0.2) is 0 Å². The van der Waals surface area contributed by atoms with E-state index in [1.165, 1.54) is 32.1 Å². The van der Waals surface area contributed by atoms with Gasteiger partial charge in [-0.2, -0.15) is 0 Å². The summed E-state index contributed by atoms with van der Waals surface area (Å²) >= 11 is 0. The molecule has 0 heterocycles. The summed E-state index contributed by atoms with van der Waals surface area (Å²) in [5, 5.41) is 9.79. The molecule has 0 fully saturated rings. The van der Waals surface area contributed by atoms with Crippen LogP contribution in [-0.4, -0.2) is 37.1 Å². The fourth-order valence-corrected chi connectivity index (χ4v) is 2.02. The highest BCUT2D eigenvalue weighted by Crippen LogP contribution is 2.09. The molecule has 0 saturated heterocycles. The average Bonchev–Trinajstić information content (AvgIpc) is 2.43. The quantitative estimate of drug-likeness (QED) is 0.460. The van der Waals surface area contributed by atoms with E-state index in [1.54, 1.807) is 0 Å². The second-order valence-corrected chi connectivity index (χ2v) is 5.59. The summed E-state index contributed by atoms with van der Waals surface area (Å²) in [5.74, 6) is 0. The summed E-state index contributed by atoms with van der Waals surface area (Å²) in [7, 11) is 0. The van der Waals surface area contributed by atoms with Crippen LogP contribution in [0.25, 0.3) is 0 Å². The van der Waals surface area contributed by atoms with E-state index in [-0.39, 0.29) is 12.2 Å². The minimum absolute atomic E-state index is 0.122. The van der Waals surface area contributed by atoms with E-state index in [0.717, 1.165) is 32.3 Å². The minimum Gasteiger partial charge on any atom is -0.391 e. The molecule has 2 unspecified atom stereocenters. The number of ether oxygens (including phenoxy) is 2. The first-order chi connectivity index (χ1) is 9.70. The molecule has 20 heavy (non-hydrogen) atoms. The minimum atomic E-state index is -0.344. The lowest BCUT2D eigenvalue weighted by Gasteiger charge is -2.15. The molecule has 0 spiro atoms. The third kappa shape index (κ3) is 14.3. The molecular formula is C17H35O3. The molecule has 0 bridgehead atoms. The summed E-state index contributed by atoms with van der Waals surface area (Å²) in [6.07, 6.45) is 10.1. The Morgan fingerprint density at radius 2 is 1.55 bits per heavy atom. The first kappa shape index (κ1) is 19.9. The molecule has 0 aromatic carbocycles. The Morgan fingerprint density at radius 1 is 0.900 bits per heavy atom. The maximum Gasteiger partial charge on any atom is 0.0809 e. The highest BCUT2D eigenvalue weighted by Gasteiger charge is 2.07. The van der Waals surface area contributed by atoms with Gasteiger partial charge >= 0.3 is 0 Å². The van der Waals surface area contributed by atoms with Gasteiger partial charge in [-0.3, -0.25) is 0 Å². The van der Waals surface area contributed by atoms with Gasteiger partial charge in [0, 0.05) is 6.61 Å². The molecule has 121 valence electrons. The topological polar surface area (TPSA) is 38.7 Å². The number of aliphatic hydroxyl groups is 1. The molecule has 0 aliphatic carbocycles. The van der Waals surface area contributed by atoms with Crippen molar-refractivity contribution in [3.63, 3.8) is 0 Å². The fraction of sp³-hybridized carbons (Fsp3) is 0.941. The zero-order valence-corrected chi connectivity index (χ0v) is 13.6. The molecule has 0 aromatic heterocycles. The summed E-state index contributed by atoms with van der Waals surface area (Å²) in [6.45, 7) is 9.86. The van der Waals surface area contributed by atoms with Gasteiger partial charge in [-0.25, -0.2) is 0 Å². The predicted octanol–water partition coefficient (Wildman–Crippen LogP) is 4.13. The van der Waals surface area contributed by atoms with E-state index in [9.17, 15) is 5.11 Å². The van der Waals surface area contributed by atoms with Gasteiger partial charge < -0.3 is 14.6 Å². The van der Waals surface area contributed by atoms with E-state index < -0.39 is 0 Å². The molecule has 0 rings (SSSR count). The van der Waals surface area contributed by atoms with E-state index >= 15 is 0 Å². The smallest absolute Gasteiger partial charge is 0.0809 e. The van der Waals surface area contributed by atoms with Gasteiger partial charge in [0.05, 0.1) is 25.4 Å². The number of hydrogen-bond acceptors (Lipinski definition) is 3. The molecule has 0 amide bonds. The molecule has 3 heteroatoms. The van der Waals surface area contributed by atoms with Crippen molar-refractivity contribution in [1.29, 1.82) is 0 Å². The fourth-order valence-electron chi connectivity index (χ4n) is 2.02. The van der Waals surface area contributed by atoms with E-state index in [1.807, 2.05) is 0 Å². The van der Waals surface area contributed by atoms with Crippen molar-refractivity contribution in [1.82, 2.24) is 0 Å². The van der Waals surface area contributed by atoms with Crippen LogP contribution >= 0.6 is 0 Å². The molecule has 1 radical (unpaired) electrons. The lowest BCUT2D eigenvalue weighted by atomic mass is 10.1.